The van der Waals surface area contributed by atoms with Crippen LogP contribution in [-0.4, -0.2) is 40.5 Å². The third-order valence-electron chi connectivity index (χ3n) is 5.14. The van der Waals surface area contributed by atoms with Gasteiger partial charge in [-0.05, 0) is 25.3 Å². The van der Waals surface area contributed by atoms with Gasteiger partial charge in [0.05, 0.1) is 17.6 Å². The molecule has 132 valence electrons. The van der Waals surface area contributed by atoms with E-state index in [1.807, 2.05) is 51.1 Å². The molecule has 5 heteroatoms. The van der Waals surface area contributed by atoms with Crippen LogP contribution in [0.2, 0.25) is 0 Å². The van der Waals surface area contributed by atoms with Crippen molar-refractivity contribution < 1.29 is 14.7 Å². The number of rotatable bonds is 6. The van der Waals surface area contributed by atoms with E-state index >= 15 is 0 Å². The molecule has 0 bridgehead atoms. The van der Waals surface area contributed by atoms with Gasteiger partial charge in [0.2, 0.25) is 11.8 Å². The molecule has 1 aromatic rings. The Balaban J connectivity index is 1.95. The van der Waals surface area contributed by atoms with Gasteiger partial charge >= 0.3 is 0 Å². The van der Waals surface area contributed by atoms with Gasteiger partial charge in [-0.15, -0.1) is 0 Å². The maximum atomic E-state index is 12.4. The van der Waals surface area contributed by atoms with Crippen molar-refractivity contribution in [3.05, 3.63) is 35.9 Å². The summed E-state index contributed by atoms with van der Waals surface area (Å²) in [6, 6.07) is 9.78. The quantitative estimate of drug-likeness (QED) is 0.838. The van der Waals surface area contributed by atoms with Crippen LogP contribution in [0.1, 0.15) is 45.7 Å². The van der Waals surface area contributed by atoms with Gasteiger partial charge in [0, 0.05) is 19.5 Å². The van der Waals surface area contributed by atoms with Gasteiger partial charge in [-0.25, -0.2) is 0 Å². The number of carbonyl (C=O) groups is 2. The molecule has 1 saturated heterocycles. The topological polar surface area (TPSA) is 69.6 Å². The number of nitrogens with one attached hydrogen (secondary N) is 1. The van der Waals surface area contributed by atoms with Crippen LogP contribution in [0.4, 0.5) is 0 Å². The second-order valence-corrected chi connectivity index (χ2v) is 7.26. The van der Waals surface area contributed by atoms with Crippen molar-refractivity contribution >= 4 is 11.8 Å². The average Bonchev–Trinajstić information content (AvgIpc) is 2.94. The van der Waals surface area contributed by atoms with Crippen molar-refractivity contribution in [2.24, 2.45) is 11.8 Å². The van der Waals surface area contributed by atoms with E-state index in [-0.39, 0.29) is 42.7 Å². The number of hydrogen-bond acceptors (Lipinski definition) is 3. The molecule has 0 aliphatic carbocycles. The third kappa shape index (κ3) is 4.15. The number of hydrogen-bond donors (Lipinski definition) is 2. The van der Waals surface area contributed by atoms with Gasteiger partial charge in [-0.2, -0.15) is 0 Å². The van der Waals surface area contributed by atoms with Crippen LogP contribution in [0, 0.1) is 11.8 Å². The molecule has 2 rings (SSSR count). The summed E-state index contributed by atoms with van der Waals surface area (Å²) >= 11 is 0. The van der Waals surface area contributed by atoms with Gasteiger partial charge in [0.1, 0.15) is 0 Å². The smallest absolute Gasteiger partial charge is 0.225 e. The van der Waals surface area contributed by atoms with Crippen molar-refractivity contribution in [3.8, 4) is 0 Å². The fourth-order valence-electron chi connectivity index (χ4n) is 2.81. The highest BCUT2D eigenvalue weighted by Gasteiger charge is 2.37. The Morgan fingerprint density at radius 3 is 2.54 bits per heavy atom. The van der Waals surface area contributed by atoms with E-state index in [0.29, 0.717) is 6.54 Å². The molecule has 0 spiro atoms. The van der Waals surface area contributed by atoms with Gasteiger partial charge in [-0.3, -0.25) is 9.59 Å². The summed E-state index contributed by atoms with van der Waals surface area (Å²) in [4.78, 5) is 26.4. The second-order valence-electron chi connectivity index (χ2n) is 7.26. The van der Waals surface area contributed by atoms with Gasteiger partial charge in [0.25, 0.3) is 0 Å². The lowest BCUT2D eigenvalue weighted by Crippen LogP contribution is -2.46. The van der Waals surface area contributed by atoms with Crippen LogP contribution in [0.25, 0.3) is 0 Å². The SMILES string of the molecule is CC(c1ccccc1)N1CC(C(=O)NCC(C)(O)C(C)C)CC1=O. The van der Waals surface area contributed by atoms with Gasteiger partial charge < -0.3 is 15.3 Å². The average molecular weight is 332 g/mol. The van der Waals surface area contributed by atoms with Crippen LogP contribution in [0.15, 0.2) is 30.3 Å². The molecule has 0 saturated carbocycles. The van der Waals surface area contributed by atoms with Crippen LogP contribution in [0.5, 0.6) is 0 Å². The number of aliphatic hydroxyl groups is 1. The Morgan fingerprint density at radius 1 is 1.33 bits per heavy atom. The second kappa shape index (κ2) is 7.34. The van der Waals surface area contributed by atoms with E-state index in [1.54, 1.807) is 11.8 Å². The number of benzene rings is 1. The lowest BCUT2D eigenvalue weighted by molar-refractivity contribution is -0.130. The van der Waals surface area contributed by atoms with E-state index in [0.717, 1.165) is 5.56 Å². The largest absolute Gasteiger partial charge is 0.388 e. The molecule has 2 N–H and O–H groups in total. The number of amides is 2. The number of likely N-dealkylation sites (tertiary alicyclic amines) is 1. The maximum Gasteiger partial charge on any atom is 0.225 e. The first-order valence-electron chi connectivity index (χ1n) is 8.57. The highest BCUT2D eigenvalue weighted by molar-refractivity contribution is 5.89. The third-order valence-corrected chi connectivity index (χ3v) is 5.14. The van der Waals surface area contributed by atoms with Gasteiger partial charge in [0.15, 0.2) is 0 Å². The van der Waals surface area contributed by atoms with Crippen LogP contribution in [-0.2, 0) is 9.59 Å². The van der Waals surface area contributed by atoms with Crippen molar-refractivity contribution in [1.29, 1.82) is 0 Å². The molecular weight excluding hydrogens is 304 g/mol. The Morgan fingerprint density at radius 2 is 1.96 bits per heavy atom. The molecule has 1 heterocycles. The predicted octanol–water partition coefficient (Wildman–Crippen LogP) is 2.12. The first-order valence-corrected chi connectivity index (χ1v) is 8.57. The maximum absolute atomic E-state index is 12.4. The van der Waals surface area contributed by atoms with Crippen molar-refractivity contribution in [2.75, 3.05) is 13.1 Å². The molecule has 1 aromatic carbocycles. The van der Waals surface area contributed by atoms with Crippen LogP contribution in [0.3, 0.4) is 0 Å². The Bertz CT molecular complexity index is 584. The van der Waals surface area contributed by atoms with Crippen molar-refractivity contribution in [1.82, 2.24) is 10.2 Å². The molecule has 2 amide bonds. The highest BCUT2D eigenvalue weighted by atomic mass is 16.3. The summed E-state index contributed by atoms with van der Waals surface area (Å²) in [6.07, 6.45) is 0.229. The molecule has 1 fully saturated rings. The van der Waals surface area contributed by atoms with E-state index in [1.165, 1.54) is 0 Å². The fourth-order valence-corrected chi connectivity index (χ4v) is 2.81. The van der Waals surface area contributed by atoms with E-state index < -0.39 is 5.60 Å². The van der Waals surface area contributed by atoms with Crippen molar-refractivity contribution in [2.45, 2.75) is 45.8 Å². The van der Waals surface area contributed by atoms with E-state index in [9.17, 15) is 14.7 Å². The Labute approximate surface area is 144 Å². The Kier molecular flexibility index (Phi) is 5.65. The zero-order valence-electron chi connectivity index (χ0n) is 15.0. The standard InChI is InChI=1S/C19H28N2O3/c1-13(2)19(4,24)12-20-18(23)16-10-17(22)21(11-16)14(3)15-8-6-5-7-9-15/h5-9,13-14,16,24H,10-12H2,1-4H3,(H,20,23). The highest BCUT2D eigenvalue weighted by Crippen LogP contribution is 2.28. The number of carbonyl (C=O) groups excluding carboxylic acids is 2. The minimum atomic E-state index is -0.949. The Hall–Kier alpha value is -1.88. The van der Waals surface area contributed by atoms with Crippen molar-refractivity contribution in [3.63, 3.8) is 0 Å². The predicted molar refractivity (Wildman–Crippen MR) is 93.1 cm³/mol. The molecule has 3 unspecified atom stereocenters. The summed E-state index contributed by atoms with van der Waals surface area (Å²) in [5.41, 5.74) is 0.115. The minimum absolute atomic E-state index is 0.00197. The zero-order valence-corrected chi connectivity index (χ0v) is 15.0. The monoisotopic (exact) mass is 332 g/mol. The first kappa shape index (κ1) is 18.5. The molecule has 5 nitrogen and oxygen atoms in total. The molecule has 0 radical (unpaired) electrons. The molecular formula is C19H28N2O3. The summed E-state index contributed by atoms with van der Waals surface area (Å²) in [5, 5.41) is 13.0. The summed E-state index contributed by atoms with van der Waals surface area (Å²) in [7, 11) is 0. The molecule has 1 aliphatic heterocycles. The van der Waals surface area contributed by atoms with Crippen LogP contribution < -0.4 is 5.32 Å². The van der Waals surface area contributed by atoms with Gasteiger partial charge in [-0.1, -0.05) is 44.2 Å². The summed E-state index contributed by atoms with van der Waals surface area (Å²) in [6.45, 7) is 8.13. The molecule has 24 heavy (non-hydrogen) atoms. The molecule has 0 aromatic heterocycles. The minimum Gasteiger partial charge on any atom is -0.388 e. The lowest BCUT2D eigenvalue weighted by atomic mass is 9.92. The summed E-state index contributed by atoms with van der Waals surface area (Å²) < 4.78 is 0. The molecule has 3 atom stereocenters. The zero-order chi connectivity index (χ0) is 17.9. The number of nitrogens with zero attached hydrogens (tertiary/aromatic N) is 1. The summed E-state index contributed by atoms with van der Waals surface area (Å²) in [5.74, 6) is -0.474. The normalized spacial score (nSPS) is 21.7. The van der Waals surface area contributed by atoms with E-state index in [2.05, 4.69) is 5.32 Å². The first-order chi connectivity index (χ1) is 11.2. The van der Waals surface area contributed by atoms with Crippen LogP contribution >= 0.6 is 0 Å². The fraction of sp³-hybridized carbons (Fsp3) is 0.579. The van der Waals surface area contributed by atoms with E-state index in [4.69, 9.17) is 0 Å². The lowest BCUT2D eigenvalue weighted by Gasteiger charge is -2.28. The molecule has 1 aliphatic rings.